The van der Waals surface area contributed by atoms with Crippen molar-refractivity contribution in [2.24, 2.45) is 5.41 Å². The fraction of sp³-hybridized carbons (Fsp3) is 0.286. The van der Waals surface area contributed by atoms with Crippen LogP contribution in [0.25, 0.3) is 0 Å². The molecule has 0 aromatic heterocycles. The molecule has 0 saturated heterocycles. The minimum atomic E-state index is -1.03. The molecule has 1 aliphatic rings. The van der Waals surface area contributed by atoms with Crippen LogP contribution in [0.2, 0.25) is 0 Å². The number of amides is 2. The van der Waals surface area contributed by atoms with Crippen LogP contribution in [0, 0.1) is 16.7 Å². The van der Waals surface area contributed by atoms with Gasteiger partial charge in [0.25, 0.3) is 0 Å². The van der Waals surface area contributed by atoms with Gasteiger partial charge < -0.3 is 15.4 Å². The maximum absolute atomic E-state index is 12.6. The summed E-state index contributed by atoms with van der Waals surface area (Å²) in [6, 6.07) is 16.4. The first kappa shape index (κ1) is 18.5. The first-order valence-electron chi connectivity index (χ1n) is 8.81. The molecule has 2 aromatic rings. The number of methoxy groups -OCH3 is 1. The number of nitrogens with zero attached hydrogens (tertiary/aromatic N) is 1. The molecule has 27 heavy (non-hydrogen) atoms. The van der Waals surface area contributed by atoms with Crippen molar-refractivity contribution >= 4 is 17.5 Å². The highest BCUT2D eigenvalue weighted by atomic mass is 16.5. The molecule has 0 heterocycles. The zero-order valence-corrected chi connectivity index (χ0v) is 15.1. The van der Waals surface area contributed by atoms with Crippen molar-refractivity contribution in [3.63, 3.8) is 0 Å². The molecule has 0 bridgehead atoms. The largest absolute Gasteiger partial charge is 0.497 e. The second-order valence-electron chi connectivity index (χ2n) is 6.55. The molecule has 6 heteroatoms. The molecule has 0 aliphatic heterocycles. The lowest BCUT2D eigenvalue weighted by Gasteiger charge is -2.16. The standard InChI is InChI=1S/C21H21N3O3/c1-27-17-7-4-5-15(13-17)9-12-23-19(25)21(10-11-21)20(26)24-18-8-3-2-6-16(18)14-22/h2-8,13H,9-12H2,1H3,(H,23,25)(H,24,26). The molecule has 2 N–H and O–H groups in total. The molecule has 0 atom stereocenters. The van der Waals surface area contributed by atoms with E-state index in [1.165, 1.54) is 0 Å². The maximum Gasteiger partial charge on any atom is 0.240 e. The average Bonchev–Trinajstić information content (AvgIpc) is 3.50. The summed E-state index contributed by atoms with van der Waals surface area (Å²) in [5.41, 5.74) is 0.823. The Bertz CT molecular complexity index is 898. The zero-order valence-electron chi connectivity index (χ0n) is 15.1. The van der Waals surface area contributed by atoms with Gasteiger partial charge in [0.2, 0.25) is 11.8 Å². The highest BCUT2D eigenvalue weighted by molar-refractivity contribution is 6.13. The van der Waals surface area contributed by atoms with Crippen LogP contribution in [0.5, 0.6) is 5.75 Å². The molecule has 0 unspecified atom stereocenters. The molecule has 1 aliphatic carbocycles. The van der Waals surface area contributed by atoms with E-state index in [1.54, 1.807) is 31.4 Å². The van der Waals surface area contributed by atoms with E-state index in [2.05, 4.69) is 10.6 Å². The molecule has 2 amide bonds. The summed E-state index contributed by atoms with van der Waals surface area (Å²) < 4.78 is 5.19. The summed E-state index contributed by atoms with van der Waals surface area (Å²) in [6.45, 7) is 0.440. The zero-order chi connectivity index (χ0) is 19.3. The Morgan fingerprint density at radius 2 is 1.93 bits per heavy atom. The Balaban J connectivity index is 1.57. The number of ether oxygens (including phenoxy) is 1. The van der Waals surface area contributed by atoms with Crippen molar-refractivity contribution in [2.75, 3.05) is 19.0 Å². The van der Waals surface area contributed by atoms with Gasteiger partial charge in [0.15, 0.2) is 0 Å². The Kier molecular flexibility index (Phi) is 5.41. The van der Waals surface area contributed by atoms with Crippen LogP contribution < -0.4 is 15.4 Å². The molecule has 1 saturated carbocycles. The van der Waals surface area contributed by atoms with Crippen molar-refractivity contribution in [1.82, 2.24) is 5.32 Å². The summed E-state index contributed by atoms with van der Waals surface area (Å²) in [6.07, 6.45) is 1.68. The third kappa shape index (κ3) is 4.09. The third-order valence-corrected chi connectivity index (χ3v) is 4.75. The lowest BCUT2D eigenvalue weighted by molar-refractivity contribution is -0.134. The van der Waals surface area contributed by atoms with Crippen molar-refractivity contribution in [1.29, 1.82) is 5.26 Å². The molecule has 1 fully saturated rings. The average molecular weight is 363 g/mol. The van der Waals surface area contributed by atoms with Crippen molar-refractivity contribution < 1.29 is 14.3 Å². The fourth-order valence-electron chi connectivity index (χ4n) is 2.93. The third-order valence-electron chi connectivity index (χ3n) is 4.75. The lowest BCUT2D eigenvalue weighted by Crippen LogP contribution is -2.40. The molecular formula is C21H21N3O3. The van der Waals surface area contributed by atoms with E-state index in [0.29, 0.717) is 37.1 Å². The Morgan fingerprint density at radius 3 is 2.63 bits per heavy atom. The fourth-order valence-corrected chi connectivity index (χ4v) is 2.93. The SMILES string of the molecule is COc1cccc(CCNC(=O)C2(C(=O)Nc3ccccc3C#N)CC2)c1. The molecular weight excluding hydrogens is 342 g/mol. The highest BCUT2D eigenvalue weighted by Crippen LogP contribution is 2.47. The van der Waals surface area contributed by atoms with E-state index < -0.39 is 5.41 Å². The van der Waals surface area contributed by atoms with Crippen LogP contribution in [0.4, 0.5) is 5.69 Å². The molecule has 6 nitrogen and oxygen atoms in total. The van der Waals surface area contributed by atoms with Gasteiger partial charge in [-0.25, -0.2) is 0 Å². The molecule has 2 aromatic carbocycles. The lowest BCUT2D eigenvalue weighted by atomic mass is 10.0. The minimum Gasteiger partial charge on any atom is -0.497 e. The van der Waals surface area contributed by atoms with Crippen LogP contribution in [-0.2, 0) is 16.0 Å². The number of nitrogens with one attached hydrogen (secondary N) is 2. The van der Waals surface area contributed by atoms with E-state index in [1.807, 2.05) is 30.3 Å². The number of nitriles is 1. The van der Waals surface area contributed by atoms with Gasteiger partial charge in [-0.15, -0.1) is 0 Å². The van der Waals surface area contributed by atoms with Gasteiger partial charge in [0, 0.05) is 6.54 Å². The minimum absolute atomic E-state index is 0.266. The molecule has 138 valence electrons. The molecule has 3 rings (SSSR count). The number of para-hydroxylation sites is 1. The summed E-state index contributed by atoms with van der Waals surface area (Å²) >= 11 is 0. The topological polar surface area (TPSA) is 91.2 Å². The summed E-state index contributed by atoms with van der Waals surface area (Å²) in [4.78, 5) is 25.2. The van der Waals surface area contributed by atoms with Gasteiger partial charge in [0.1, 0.15) is 17.2 Å². The van der Waals surface area contributed by atoms with E-state index in [9.17, 15) is 9.59 Å². The van der Waals surface area contributed by atoms with Crippen LogP contribution in [0.15, 0.2) is 48.5 Å². The summed E-state index contributed by atoms with van der Waals surface area (Å²) in [7, 11) is 1.61. The number of benzene rings is 2. The number of hydrogen-bond donors (Lipinski definition) is 2. The number of carbonyl (C=O) groups is 2. The van der Waals surface area contributed by atoms with Crippen molar-refractivity contribution in [3.05, 3.63) is 59.7 Å². The van der Waals surface area contributed by atoms with Crippen LogP contribution in [-0.4, -0.2) is 25.5 Å². The van der Waals surface area contributed by atoms with Crippen LogP contribution >= 0.6 is 0 Å². The first-order valence-corrected chi connectivity index (χ1v) is 8.81. The van der Waals surface area contributed by atoms with Crippen LogP contribution in [0.1, 0.15) is 24.0 Å². The number of carbonyl (C=O) groups excluding carboxylic acids is 2. The predicted molar refractivity (Wildman–Crippen MR) is 101 cm³/mol. The monoisotopic (exact) mass is 363 g/mol. The van der Waals surface area contributed by atoms with Crippen molar-refractivity contribution in [3.8, 4) is 11.8 Å². The molecule has 0 radical (unpaired) electrons. The van der Waals surface area contributed by atoms with E-state index in [4.69, 9.17) is 10.00 Å². The van der Waals surface area contributed by atoms with Gasteiger partial charge in [0.05, 0.1) is 18.4 Å². The smallest absolute Gasteiger partial charge is 0.240 e. The number of rotatable bonds is 7. The molecule has 0 spiro atoms. The Morgan fingerprint density at radius 1 is 1.15 bits per heavy atom. The predicted octanol–water partition coefficient (Wildman–Crippen LogP) is 2.64. The Labute approximate surface area is 158 Å². The first-order chi connectivity index (χ1) is 13.1. The van der Waals surface area contributed by atoms with E-state index >= 15 is 0 Å². The van der Waals surface area contributed by atoms with E-state index in [0.717, 1.165) is 11.3 Å². The Hall–Kier alpha value is -3.33. The number of hydrogen-bond acceptors (Lipinski definition) is 4. The van der Waals surface area contributed by atoms with Crippen LogP contribution in [0.3, 0.4) is 0 Å². The van der Waals surface area contributed by atoms with Gasteiger partial charge >= 0.3 is 0 Å². The maximum atomic E-state index is 12.6. The summed E-state index contributed by atoms with van der Waals surface area (Å²) in [5.74, 6) is 0.148. The van der Waals surface area contributed by atoms with Gasteiger partial charge in [-0.2, -0.15) is 5.26 Å². The highest BCUT2D eigenvalue weighted by Gasteiger charge is 2.56. The van der Waals surface area contributed by atoms with Gasteiger partial charge in [-0.1, -0.05) is 24.3 Å². The second kappa shape index (κ2) is 7.92. The second-order valence-corrected chi connectivity index (χ2v) is 6.55. The van der Waals surface area contributed by atoms with E-state index in [-0.39, 0.29) is 11.8 Å². The summed E-state index contributed by atoms with van der Waals surface area (Å²) in [5, 5.41) is 14.7. The van der Waals surface area contributed by atoms with Crippen molar-refractivity contribution in [2.45, 2.75) is 19.3 Å². The quantitative estimate of drug-likeness (QED) is 0.740. The normalized spacial score (nSPS) is 13.9. The van der Waals surface area contributed by atoms with Gasteiger partial charge in [-0.05, 0) is 49.1 Å². The van der Waals surface area contributed by atoms with Gasteiger partial charge in [-0.3, -0.25) is 9.59 Å². The number of anilines is 1.